The summed E-state index contributed by atoms with van der Waals surface area (Å²) in [6.45, 7) is 2.74. The zero-order valence-corrected chi connectivity index (χ0v) is 11.2. The average Bonchev–Trinajstić information content (AvgIpc) is 2.66. The second kappa shape index (κ2) is 5.73. The first-order chi connectivity index (χ1) is 9.11. The number of carbonyl (C=O) groups excluding carboxylic acids is 2. The van der Waals surface area contributed by atoms with Crippen molar-refractivity contribution in [1.82, 2.24) is 4.90 Å². The minimum Gasteiger partial charge on any atom is -0.494 e. The van der Waals surface area contributed by atoms with Gasteiger partial charge in [0.1, 0.15) is 11.8 Å². The molecule has 0 saturated carbocycles. The molecular weight excluding hydrogens is 244 g/mol. The van der Waals surface area contributed by atoms with Crippen LogP contribution in [0.2, 0.25) is 0 Å². The lowest BCUT2D eigenvalue weighted by molar-refractivity contribution is -0.136. The maximum Gasteiger partial charge on any atom is 0.251 e. The van der Waals surface area contributed by atoms with Crippen LogP contribution in [0.15, 0.2) is 24.3 Å². The predicted molar refractivity (Wildman–Crippen MR) is 72.0 cm³/mol. The second-order valence-electron chi connectivity index (χ2n) is 4.56. The molecule has 102 valence electrons. The highest BCUT2D eigenvalue weighted by molar-refractivity contribution is 6.06. The van der Waals surface area contributed by atoms with E-state index in [0.29, 0.717) is 6.61 Å². The summed E-state index contributed by atoms with van der Waals surface area (Å²) >= 11 is 0. The molecule has 0 aliphatic carbocycles. The molecule has 2 rings (SSSR count). The summed E-state index contributed by atoms with van der Waals surface area (Å²) in [7, 11) is 1.51. The van der Waals surface area contributed by atoms with Crippen LogP contribution in [-0.4, -0.2) is 36.4 Å². The highest BCUT2D eigenvalue weighted by atomic mass is 16.5. The number of amides is 2. The fourth-order valence-electron chi connectivity index (χ4n) is 1.94. The Bertz CT molecular complexity index is 470. The van der Waals surface area contributed by atoms with Gasteiger partial charge in [0.15, 0.2) is 0 Å². The van der Waals surface area contributed by atoms with E-state index in [0.717, 1.165) is 22.8 Å². The van der Waals surface area contributed by atoms with E-state index in [2.05, 4.69) is 12.2 Å². The molecule has 2 amide bonds. The Hall–Kier alpha value is -2.04. The van der Waals surface area contributed by atoms with Crippen LogP contribution in [0, 0.1) is 0 Å². The number of hydrogen-bond acceptors (Lipinski definition) is 4. The van der Waals surface area contributed by atoms with Crippen molar-refractivity contribution in [1.29, 1.82) is 0 Å². The summed E-state index contributed by atoms with van der Waals surface area (Å²) in [5.41, 5.74) is 0.810. The van der Waals surface area contributed by atoms with Gasteiger partial charge in [-0.3, -0.25) is 14.5 Å². The zero-order valence-electron chi connectivity index (χ0n) is 11.2. The van der Waals surface area contributed by atoms with Gasteiger partial charge in [-0.1, -0.05) is 6.92 Å². The van der Waals surface area contributed by atoms with Gasteiger partial charge < -0.3 is 10.1 Å². The van der Waals surface area contributed by atoms with Gasteiger partial charge in [0, 0.05) is 12.7 Å². The minimum absolute atomic E-state index is 0.148. The molecule has 1 atom stereocenters. The molecule has 1 aliphatic heterocycles. The number of likely N-dealkylation sites (tertiary alicyclic amines) is 1. The van der Waals surface area contributed by atoms with Crippen molar-refractivity contribution in [3.63, 3.8) is 0 Å². The van der Waals surface area contributed by atoms with Gasteiger partial charge >= 0.3 is 0 Å². The Morgan fingerprint density at radius 1 is 1.32 bits per heavy atom. The standard InChI is InChI=1S/C14H18N2O3/c1-3-8-19-11-6-4-10(5-7-11)15-12-9-13(17)16(2)14(12)18/h4-7,12,15H,3,8-9H2,1-2H3. The third-order valence-electron chi connectivity index (χ3n) is 3.05. The van der Waals surface area contributed by atoms with Gasteiger partial charge in [-0.2, -0.15) is 0 Å². The average molecular weight is 262 g/mol. The van der Waals surface area contributed by atoms with Gasteiger partial charge in [0.2, 0.25) is 5.91 Å². The van der Waals surface area contributed by atoms with Gasteiger partial charge in [0.05, 0.1) is 13.0 Å². The number of benzene rings is 1. The molecular formula is C14H18N2O3. The number of carbonyl (C=O) groups is 2. The topological polar surface area (TPSA) is 58.6 Å². The van der Waals surface area contributed by atoms with Crippen LogP contribution in [0.25, 0.3) is 0 Å². The Labute approximate surface area is 112 Å². The largest absolute Gasteiger partial charge is 0.494 e. The molecule has 5 heteroatoms. The zero-order chi connectivity index (χ0) is 13.8. The quantitative estimate of drug-likeness (QED) is 0.820. The lowest BCUT2D eigenvalue weighted by Crippen LogP contribution is -2.31. The summed E-state index contributed by atoms with van der Waals surface area (Å²) in [5.74, 6) is 0.472. The number of imide groups is 1. The lowest BCUT2D eigenvalue weighted by atomic mass is 10.2. The molecule has 1 aromatic carbocycles. The lowest BCUT2D eigenvalue weighted by Gasteiger charge is -2.13. The van der Waals surface area contributed by atoms with Gasteiger partial charge in [-0.15, -0.1) is 0 Å². The molecule has 0 radical (unpaired) electrons. The smallest absolute Gasteiger partial charge is 0.251 e. The van der Waals surface area contributed by atoms with E-state index in [9.17, 15) is 9.59 Å². The van der Waals surface area contributed by atoms with E-state index in [1.165, 1.54) is 7.05 Å². The van der Waals surface area contributed by atoms with Gasteiger partial charge in [-0.05, 0) is 30.7 Å². The Morgan fingerprint density at radius 3 is 2.53 bits per heavy atom. The van der Waals surface area contributed by atoms with Crippen molar-refractivity contribution in [2.75, 3.05) is 19.0 Å². The van der Waals surface area contributed by atoms with Crippen molar-refractivity contribution in [3.8, 4) is 5.75 Å². The summed E-state index contributed by atoms with van der Waals surface area (Å²) in [5, 5.41) is 3.07. The van der Waals surface area contributed by atoms with E-state index in [1.54, 1.807) is 0 Å². The summed E-state index contributed by atoms with van der Waals surface area (Å²) < 4.78 is 5.48. The van der Waals surface area contributed by atoms with Crippen molar-refractivity contribution in [2.45, 2.75) is 25.8 Å². The molecule has 1 unspecified atom stereocenters. The number of nitrogens with zero attached hydrogens (tertiary/aromatic N) is 1. The molecule has 1 saturated heterocycles. The highest BCUT2D eigenvalue weighted by Crippen LogP contribution is 2.20. The fourth-order valence-corrected chi connectivity index (χ4v) is 1.94. The minimum atomic E-state index is -0.458. The molecule has 0 aromatic heterocycles. The maximum absolute atomic E-state index is 11.7. The maximum atomic E-state index is 11.7. The van der Waals surface area contributed by atoms with E-state index in [1.807, 2.05) is 24.3 Å². The first-order valence-electron chi connectivity index (χ1n) is 6.41. The summed E-state index contributed by atoms with van der Waals surface area (Å²) in [4.78, 5) is 24.3. The molecule has 1 N–H and O–H groups in total. The number of anilines is 1. The Kier molecular flexibility index (Phi) is 4.04. The number of ether oxygens (including phenoxy) is 1. The molecule has 0 bridgehead atoms. The van der Waals surface area contributed by atoms with E-state index >= 15 is 0 Å². The molecule has 1 aliphatic rings. The molecule has 5 nitrogen and oxygen atoms in total. The van der Waals surface area contributed by atoms with E-state index < -0.39 is 6.04 Å². The monoisotopic (exact) mass is 262 g/mol. The second-order valence-corrected chi connectivity index (χ2v) is 4.56. The van der Waals surface area contributed by atoms with Gasteiger partial charge in [-0.25, -0.2) is 0 Å². The fraction of sp³-hybridized carbons (Fsp3) is 0.429. The van der Waals surface area contributed by atoms with Crippen LogP contribution in [0.5, 0.6) is 5.75 Å². The SMILES string of the molecule is CCCOc1ccc(NC2CC(=O)N(C)C2=O)cc1. The van der Waals surface area contributed by atoms with Gasteiger partial charge in [0.25, 0.3) is 5.91 Å². The molecule has 19 heavy (non-hydrogen) atoms. The third kappa shape index (κ3) is 3.05. The molecule has 1 fully saturated rings. The number of likely N-dealkylation sites (N-methyl/N-ethyl adjacent to an activating group) is 1. The molecule has 1 aromatic rings. The first-order valence-corrected chi connectivity index (χ1v) is 6.41. The highest BCUT2D eigenvalue weighted by Gasteiger charge is 2.35. The van der Waals surface area contributed by atoms with Crippen molar-refractivity contribution in [3.05, 3.63) is 24.3 Å². The van der Waals surface area contributed by atoms with Crippen molar-refractivity contribution < 1.29 is 14.3 Å². The number of rotatable bonds is 5. The number of hydrogen-bond donors (Lipinski definition) is 1. The Morgan fingerprint density at radius 2 is 2.00 bits per heavy atom. The van der Waals surface area contributed by atoms with Crippen LogP contribution in [-0.2, 0) is 9.59 Å². The van der Waals surface area contributed by atoms with E-state index in [4.69, 9.17) is 4.74 Å². The first kappa shape index (κ1) is 13.4. The van der Waals surface area contributed by atoms with Crippen LogP contribution in [0.1, 0.15) is 19.8 Å². The van der Waals surface area contributed by atoms with Crippen LogP contribution >= 0.6 is 0 Å². The third-order valence-corrected chi connectivity index (χ3v) is 3.05. The summed E-state index contributed by atoms with van der Waals surface area (Å²) in [6, 6.07) is 6.94. The van der Waals surface area contributed by atoms with Crippen molar-refractivity contribution >= 4 is 17.5 Å². The van der Waals surface area contributed by atoms with Crippen molar-refractivity contribution in [2.24, 2.45) is 0 Å². The summed E-state index contributed by atoms with van der Waals surface area (Å²) in [6.07, 6.45) is 1.18. The van der Waals surface area contributed by atoms with Crippen LogP contribution in [0.4, 0.5) is 5.69 Å². The number of nitrogens with one attached hydrogen (secondary N) is 1. The van der Waals surface area contributed by atoms with Crippen LogP contribution < -0.4 is 10.1 Å². The van der Waals surface area contributed by atoms with E-state index in [-0.39, 0.29) is 18.2 Å². The molecule has 0 spiro atoms. The normalized spacial score (nSPS) is 18.8. The van der Waals surface area contributed by atoms with Crippen LogP contribution in [0.3, 0.4) is 0 Å². The molecule has 1 heterocycles. The Balaban J connectivity index is 1.96. The predicted octanol–water partition coefficient (Wildman–Crippen LogP) is 1.64.